The zero-order chi connectivity index (χ0) is 50.2. The van der Waals surface area contributed by atoms with Gasteiger partial charge in [0.1, 0.15) is 47.1 Å². The molecule has 5 rings (SSSR count). The van der Waals surface area contributed by atoms with E-state index in [1.807, 2.05) is 75.3 Å². The highest BCUT2D eigenvalue weighted by Crippen LogP contribution is 2.56. The molecule has 3 aromatic rings. The van der Waals surface area contributed by atoms with Crippen LogP contribution in [0.1, 0.15) is 106 Å². The van der Waals surface area contributed by atoms with Crippen LogP contribution in [0.15, 0.2) is 89.8 Å². The molecule has 0 saturated carbocycles. The number of nitrogens with zero attached hydrogens (tertiary/aromatic N) is 2. The Balaban J connectivity index is 1.41. The van der Waals surface area contributed by atoms with Gasteiger partial charge in [-0.2, -0.15) is 8.42 Å². The van der Waals surface area contributed by atoms with Gasteiger partial charge in [-0.1, -0.05) is 63.2 Å². The molecule has 1 amide bonds. The van der Waals surface area contributed by atoms with E-state index in [2.05, 4.69) is 24.3 Å². The minimum absolute atomic E-state index is 0.116. The van der Waals surface area contributed by atoms with Crippen molar-refractivity contribution in [1.82, 2.24) is 9.80 Å². The van der Waals surface area contributed by atoms with Gasteiger partial charge < -0.3 is 44.4 Å². The lowest BCUT2D eigenvalue weighted by Gasteiger charge is -2.45. The minimum atomic E-state index is -4.48. The Kier molecular flexibility index (Phi) is 19.4. The first-order chi connectivity index (χ1) is 31.9. The van der Waals surface area contributed by atoms with Crippen LogP contribution in [0.5, 0.6) is 0 Å². The van der Waals surface area contributed by atoms with Gasteiger partial charge in [0.05, 0.1) is 40.8 Å². The molecule has 16 heteroatoms. The number of amides is 1. The molecule has 68 heavy (non-hydrogen) atoms. The van der Waals surface area contributed by atoms with Gasteiger partial charge in [0.15, 0.2) is 6.29 Å². The van der Waals surface area contributed by atoms with Crippen molar-refractivity contribution in [2.75, 3.05) is 26.8 Å². The minimum Gasteiger partial charge on any atom is -0.459 e. The first-order valence-corrected chi connectivity index (χ1v) is 27.7. The fourth-order valence-corrected chi connectivity index (χ4v) is 15.6. The maximum Gasteiger partial charge on any atom is 0.309 e. The Morgan fingerprint density at radius 2 is 1.49 bits per heavy atom. The van der Waals surface area contributed by atoms with E-state index in [-0.39, 0.29) is 55.2 Å². The second-order valence-corrected chi connectivity index (χ2v) is 25.1. The fourth-order valence-electron chi connectivity index (χ4n) is 10.5. The molecule has 0 aliphatic carbocycles. The third-order valence-electron chi connectivity index (χ3n) is 14.4. The normalized spacial score (nSPS) is 31.7. The molecular formula is C52H78N2O12PS+. The third kappa shape index (κ3) is 13.1. The molecule has 0 radical (unpaired) electrons. The molecule has 2 aliphatic rings. The van der Waals surface area contributed by atoms with Gasteiger partial charge in [-0.15, -0.1) is 0 Å². The second kappa shape index (κ2) is 23.7. The summed E-state index contributed by atoms with van der Waals surface area (Å²) in [5.74, 6) is -1.97. The number of aliphatic hydroxyl groups excluding tert-OH is 2. The molecule has 2 saturated heterocycles. The van der Waals surface area contributed by atoms with Gasteiger partial charge in [-0.05, 0) is 135 Å². The number of unbranched alkanes of at least 4 members (excludes halogenated alkanes) is 2. The molecule has 0 unspecified atom stereocenters. The first kappa shape index (κ1) is 55.6. The van der Waals surface area contributed by atoms with Crippen molar-refractivity contribution < 1.29 is 57.2 Å². The van der Waals surface area contributed by atoms with Crippen molar-refractivity contribution in [2.45, 2.75) is 171 Å². The topological polar surface area (TPSA) is 204 Å². The average molecular weight is 986 g/mol. The summed E-state index contributed by atoms with van der Waals surface area (Å²) in [6, 6.07) is 25.3. The van der Waals surface area contributed by atoms with Crippen molar-refractivity contribution in [3.63, 3.8) is 0 Å². The Labute approximate surface area is 405 Å². The van der Waals surface area contributed by atoms with Crippen LogP contribution >= 0.6 is 7.26 Å². The van der Waals surface area contributed by atoms with Crippen molar-refractivity contribution in [2.24, 2.45) is 11.8 Å². The summed E-state index contributed by atoms with van der Waals surface area (Å²) in [7, 11) is -3.22. The summed E-state index contributed by atoms with van der Waals surface area (Å²) < 4.78 is 53.5. The predicted octanol–water partition coefficient (Wildman–Crippen LogP) is 5.46. The van der Waals surface area contributed by atoms with Crippen LogP contribution in [-0.4, -0.2) is 142 Å². The molecule has 3 aromatic carbocycles. The molecule has 5 N–H and O–H groups in total. The Bertz CT molecular complexity index is 2160. The number of cyclic esters (lactones) is 1. The second-order valence-electron chi connectivity index (χ2n) is 20.0. The zero-order valence-corrected chi connectivity index (χ0v) is 43.2. The molecule has 0 aromatic heterocycles. The molecule has 2 aliphatic heterocycles. The zero-order valence-electron chi connectivity index (χ0n) is 41.5. The monoisotopic (exact) mass is 986 g/mol. The van der Waals surface area contributed by atoms with E-state index in [0.717, 1.165) is 15.9 Å². The van der Waals surface area contributed by atoms with E-state index in [1.165, 1.54) is 13.0 Å². The maximum atomic E-state index is 14.5. The van der Waals surface area contributed by atoms with Gasteiger partial charge in [0.2, 0.25) is 5.91 Å². The summed E-state index contributed by atoms with van der Waals surface area (Å²) in [5, 5.41) is 50.5. The highest BCUT2D eigenvalue weighted by molar-refractivity contribution is 7.95. The number of hydrogen-bond acceptors (Lipinski definition) is 12. The lowest BCUT2D eigenvalue weighted by atomic mass is 9.81. The summed E-state index contributed by atoms with van der Waals surface area (Å²) in [6.45, 7) is 12.1. The Morgan fingerprint density at radius 3 is 2.06 bits per heavy atom. The van der Waals surface area contributed by atoms with E-state index in [4.69, 9.17) is 14.2 Å². The summed E-state index contributed by atoms with van der Waals surface area (Å²) in [4.78, 5) is 31.5. The summed E-state index contributed by atoms with van der Waals surface area (Å²) in [6.07, 6.45) is -1.82. The van der Waals surface area contributed by atoms with E-state index >= 15 is 0 Å². The first-order valence-electron chi connectivity index (χ1n) is 24.3. The van der Waals surface area contributed by atoms with Crippen LogP contribution in [0, 0.1) is 11.8 Å². The van der Waals surface area contributed by atoms with Crippen molar-refractivity contribution >= 4 is 45.2 Å². The standard InChI is InChI=1S/C52H77N2O12PS/c1-10-44-52(7,60)47(57)38(5)54(30-21-29-51(6,59)48(35(2)32-36(3)49(58)65-44)66-50-46(56)43(53(8)9)33-37(4)64-50)45(55)28-18-13-19-31-67(39-22-14-11-15-23-39,40-24-16-12-17-25-40)41-26-20-27-42(34-41)68(61,62)63/h11-12,14-17,20,22-27,34-38,43-44,46-48,50,56-57,59-60H,10,13,18-19,21,28-33H2,1-9H3/p+1/t35-,36+,37+,38+,43-,44+,46+,47+,48+,50-,51+,52+/m0/s1. The highest BCUT2D eigenvalue weighted by Gasteiger charge is 2.49. The van der Waals surface area contributed by atoms with E-state index in [9.17, 15) is 43.0 Å². The van der Waals surface area contributed by atoms with Crippen LogP contribution in [0.2, 0.25) is 0 Å². The molecule has 2 fully saturated rings. The average Bonchev–Trinajstić information content (AvgIpc) is 3.30. The molecule has 378 valence electrons. The fraction of sp³-hybridized carbons (Fsp3) is 0.615. The van der Waals surface area contributed by atoms with E-state index in [0.29, 0.717) is 38.3 Å². The van der Waals surface area contributed by atoms with Crippen molar-refractivity contribution in [1.29, 1.82) is 0 Å². The Hall–Kier alpha value is -3.34. The smallest absolute Gasteiger partial charge is 0.309 e. The number of hydrogen-bond donors (Lipinski definition) is 5. The number of esters is 1. The van der Waals surface area contributed by atoms with Crippen molar-refractivity contribution in [3.8, 4) is 0 Å². The van der Waals surface area contributed by atoms with Crippen LogP contribution in [0.4, 0.5) is 0 Å². The number of rotatable bonds is 14. The van der Waals surface area contributed by atoms with Gasteiger partial charge in [-0.25, -0.2) is 0 Å². The lowest BCUT2D eigenvalue weighted by Crippen LogP contribution is -2.60. The molecule has 14 nitrogen and oxygen atoms in total. The maximum absolute atomic E-state index is 14.5. The highest BCUT2D eigenvalue weighted by atomic mass is 32.2. The van der Waals surface area contributed by atoms with Crippen LogP contribution in [0.3, 0.4) is 0 Å². The number of carbonyl (C=O) groups is 2. The van der Waals surface area contributed by atoms with Gasteiger partial charge in [-0.3, -0.25) is 14.1 Å². The SMILES string of the molecule is CC[C@H]1OC(=O)[C@H](C)C[C@H](C)[C@@H](O[C@@H]2O[C@H](C)C[C@H](N(C)C)[C@H]2O)[C@](C)(O)CCCN(C(=O)CCCCC[P+](c2ccccc2)(c2ccccc2)c2cccc(S(=O)(=O)O)c2)[C@H](C)[C@@H](O)[C@]1(C)O. The van der Waals surface area contributed by atoms with Crippen molar-refractivity contribution in [3.05, 3.63) is 84.9 Å². The number of ether oxygens (including phenoxy) is 3. The van der Waals surface area contributed by atoms with E-state index in [1.54, 1.807) is 44.7 Å². The van der Waals surface area contributed by atoms with Crippen LogP contribution in [0.25, 0.3) is 0 Å². The van der Waals surface area contributed by atoms with Gasteiger partial charge in [0.25, 0.3) is 10.1 Å². The van der Waals surface area contributed by atoms with E-state index < -0.39 is 83.1 Å². The molecule has 2 heterocycles. The third-order valence-corrected chi connectivity index (χ3v) is 19.7. The number of benzene rings is 3. The number of likely N-dealkylation sites (N-methyl/N-ethyl adjacent to an activating group) is 1. The van der Waals surface area contributed by atoms with Crippen LogP contribution in [-0.2, 0) is 33.9 Å². The predicted molar refractivity (Wildman–Crippen MR) is 266 cm³/mol. The van der Waals surface area contributed by atoms with Crippen LogP contribution < -0.4 is 15.9 Å². The quantitative estimate of drug-likeness (QED) is 0.0591. The number of carbonyl (C=O) groups excluding carboxylic acids is 2. The van der Waals surface area contributed by atoms with Gasteiger partial charge in [0, 0.05) is 25.1 Å². The molecular weight excluding hydrogens is 908 g/mol. The summed E-state index contributed by atoms with van der Waals surface area (Å²) in [5.41, 5.74) is -3.46. The summed E-state index contributed by atoms with van der Waals surface area (Å²) >= 11 is 0. The lowest BCUT2D eigenvalue weighted by molar-refractivity contribution is -0.294. The Morgan fingerprint density at radius 1 is 0.882 bits per heavy atom. The largest absolute Gasteiger partial charge is 0.459 e. The molecule has 12 atom stereocenters. The molecule has 0 spiro atoms. The number of aliphatic hydroxyl groups is 4. The van der Waals surface area contributed by atoms with Gasteiger partial charge >= 0.3 is 5.97 Å². The molecule has 0 bridgehead atoms.